The Morgan fingerprint density at radius 2 is 0.923 bits per heavy atom. The molecule has 9 aromatic carbocycles. The van der Waals surface area contributed by atoms with Crippen molar-refractivity contribution in [1.29, 1.82) is 0 Å². The third-order valence-corrected chi connectivity index (χ3v) is 11.5. The number of nitrogens with zero attached hydrogens (tertiary/aromatic N) is 1. The smallest absolute Gasteiger partial charge is 0.0547 e. The first-order valence-corrected chi connectivity index (χ1v) is 18.6. The summed E-state index contributed by atoms with van der Waals surface area (Å²) in [5, 5.41) is 7.61. The molecule has 0 unspecified atom stereocenters. The average Bonchev–Trinajstić information content (AvgIpc) is 3.61. The zero-order chi connectivity index (χ0) is 34.4. The van der Waals surface area contributed by atoms with E-state index in [1.54, 1.807) is 0 Å². The second kappa shape index (κ2) is 12.7. The van der Waals surface area contributed by atoms with Crippen LogP contribution in [0.15, 0.2) is 200 Å². The Hall–Kier alpha value is -6.48. The maximum atomic E-state index is 2.48. The number of para-hydroxylation sites is 1. The largest absolute Gasteiger partial charge is 0.309 e. The number of thiophene rings is 1. The number of hydrogen-bond donors (Lipinski definition) is 0. The van der Waals surface area contributed by atoms with E-state index in [-0.39, 0.29) is 0 Å². The zero-order valence-corrected chi connectivity index (χ0v) is 29.2. The Bertz CT molecular complexity index is 2880. The van der Waals surface area contributed by atoms with Crippen LogP contribution in [0.4, 0.5) is 17.1 Å². The maximum absolute atomic E-state index is 2.48. The van der Waals surface area contributed by atoms with Crippen LogP contribution in [0.3, 0.4) is 0 Å². The van der Waals surface area contributed by atoms with Crippen molar-refractivity contribution in [2.75, 3.05) is 4.90 Å². The van der Waals surface area contributed by atoms with Crippen LogP contribution < -0.4 is 4.90 Å². The van der Waals surface area contributed by atoms with Crippen LogP contribution in [0.5, 0.6) is 0 Å². The van der Waals surface area contributed by atoms with Crippen LogP contribution in [-0.2, 0) is 0 Å². The highest BCUT2D eigenvalue weighted by Gasteiger charge is 2.23. The lowest BCUT2D eigenvalue weighted by atomic mass is 9.93. The first-order valence-electron chi connectivity index (χ1n) is 17.8. The van der Waals surface area contributed by atoms with Crippen molar-refractivity contribution in [2.24, 2.45) is 0 Å². The fraction of sp³-hybridized carbons (Fsp3) is 0. The van der Waals surface area contributed by atoms with E-state index in [2.05, 4.69) is 205 Å². The second-order valence-corrected chi connectivity index (χ2v) is 14.3. The van der Waals surface area contributed by atoms with Crippen LogP contribution in [-0.4, -0.2) is 0 Å². The fourth-order valence-corrected chi connectivity index (χ4v) is 9.12. The summed E-state index contributed by atoms with van der Waals surface area (Å²) in [5.74, 6) is 0. The topological polar surface area (TPSA) is 3.24 Å². The number of hydrogen-bond acceptors (Lipinski definition) is 2. The molecule has 10 rings (SSSR count). The molecule has 0 saturated carbocycles. The Kier molecular flexibility index (Phi) is 7.41. The molecule has 0 radical (unpaired) electrons. The molecular weight excluding hydrogens is 647 g/mol. The summed E-state index contributed by atoms with van der Waals surface area (Å²) in [7, 11) is 0. The van der Waals surface area contributed by atoms with E-state index in [1.807, 2.05) is 11.3 Å². The lowest BCUT2D eigenvalue weighted by Crippen LogP contribution is -2.12. The third-order valence-electron chi connectivity index (χ3n) is 10.3. The van der Waals surface area contributed by atoms with Crippen molar-refractivity contribution < 1.29 is 0 Å². The first-order chi connectivity index (χ1) is 25.8. The minimum atomic E-state index is 1.11. The molecule has 0 bridgehead atoms. The van der Waals surface area contributed by atoms with Gasteiger partial charge in [-0.2, -0.15) is 0 Å². The van der Waals surface area contributed by atoms with Gasteiger partial charge in [-0.1, -0.05) is 170 Å². The van der Waals surface area contributed by atoms with Crippen LogP contribution in [0.25, 0.3) is 75.1 Å². The van der Waals surface area contributed by atoms with Crippen molar-refractivity contribution >= 4 is 70.1 Å². The molecule has 0 amide bonds. The molecule has 0 N–H and O–H groups in total. The lowest BCUT2D eigenvalue weighted by Gasteiger charge is -2.29. The molecule has 0 fully saturated rings. The molecule has 0 spiro atoms. The molecule has 1 aromatic heterocycles. The normalized spacial score (nSPS) is 11.5. The Balaban J connectivity index is 1.28. The van der Waals surface area contributed by atoms with Crippen molar-refractivity contribution in [3.63, 3.8) is 0 Å². The summed E-state index contributed by atoms with van der Waals surface area (Å²) in [6, 6.07) is 72.8. The van der Waals surface area contributed by atoms with E-state index in [4.69, 9.17) is 0 Å². The van der Waals surface area contributed by atoms with Gasteiger partial charge in [-0.15, -0.1) is 11.3 Å². The third kappa shape index (κ3) is 5.07. The Morgan fingerprint density at radius 1 is 0.346 bits per heavy atom. The van der Waals surface area contributed by atoms with E-state index in [9.17, 15) is 0 Å². The number of anilines is 3. The molecule has 2 heteroatoms. The van der Waals surface area contributed by atoms with Gasteiger partial charge in [0.2, 0.25) is 0 Å². The van der Waals surface area contributed by atoms with E-state index >= 15 is 0 Å². The highest BCUT2D eigenvalue weighted by atomic mass is 32.1. The van der Waals surface area contributed by atoms with Crippen LogP contribution in [0.2, 0.25) is 0 Å². The summed E-state index contributed by atoms with van der Waals surface area (Å²) >= 11 is 1.90. The first kappa shape index (κ1) is 30.4. The summed E-state index contributed by atoms with van der Waals surface area (Å²) in [4.78, 5) is 2.48. The van der Waals surface area contributed by atoms with Crippen LogP contribution in [0, 0.1) is 0 Å². The summed E-state index contributed by atoms with van der Waals surface area (Å²) in [6.07, 6.45) is 0. The molecule has 0 aliphatic rings. The van der Waals surface area contributed by atoms with Gasteiger partial charge in [0, 0.05) is 42.2 Å². The van der Waals surface area contributed by atoms with Crippen LogP contribution in [0.1, 0.15) is 0 Å². The molecule has 52 heavy (non-hydrogen) atoms. The molecule has 0 aliphatic carbocycles. The van der Waals surface area contributed by atoms with Gasteiger partial charge in [0.05, 0.1) is 11.4 Å². The van der Waals surface area contributed by atoms with Gasteiger partial charge >= 0.3 is 0 Å². The number of rotatable bonds is 6. The summed E-state index contributed by atoms with van der Waals surface area (Å²) in [6.45, 7) is 0. The van der Waals surface area contributed by atoms with E-state index in [1.165, 1.54) is 75.1 Å². The quantitative estimate of drug-likeness (QED) is 0.169. The lowest BCUT2D eigenvalue weighted by molar-refractivity contribution is 1.30. The van der Waals surface area contributed by atoms with Gasteiger partial charge in [0.25, 0.3) is 0 Å². The van der Waals surface area contributed by atoms with Crippen LogP contribution >= 0.6 is 11.3 Å². The minimum absolute atomic E-state index is 1.11. The molecule has 10 aromatic rings. The molecule has 0 saturated heterocycles. The fourth-order valence-electron chi connectivity index (χ4n) is 7.87. The second-order valence-electron chi connectivity index (χ2n) is 13.3. The van der Waals surface area contributed by atoms with Crippen molar-refractivity contribution in [3.05, 3.63) is 200 Å². The standard InChI is InChI=1S/C50H33NS/c1-3-15-34(16-4-1)35-29-31-38(32-30-35)51(46-27-12-11-22-40(46)37-17-5-2-6-18-37)47-33-45-49-43(41-25-13-20-36-19-7-8-21-39(36)41)26-14-28-48(49)52-50(45)44-24-10-9-23-42(44)47/h1-33H. The Labute approximate surface area is 307 Å². The predicted molar refractivity (Wildman–Crippen MR) is 225 cm³/mol. The van der Waals surface area contributed by atoms with Crippen molar-refractivity contribution in [2.45, 2.75) is 0 Å². The van der Waals surface area contributed by atoms with Gasteiger partial charge in [-0.3, -0.25) is 0 Å². The van der Waals surface area contributed by atoms with Gasteiger partial charge in [0.15, 0.2) is 0 Å². The van der Waals surface area contributed by atoms with Crippen molar-refractivity contribution in [1.82, 2.24) is 0 Å². The van der Waals surface area contributed by atoms with E-state index < -0.39 is 0 Å². The average molecular weight is 680 g/mol. The molecule has 1 heterocycles. The molecule has 0 aliphatic heterocycles. The maximum Gasteiger partial charge on any atom is 0.0547 e. The van der Waals surface area contributed by atoms with E-state index in [0.29, 0.717) is 0 Å². The van der Waals surface area contributed by atoms with Gasteiger partial charge in [0.1, 0.15) is 0 Å². The molecule has 244 valence electrons. The Morgan fingerprint density at radius 3 is 1.73 bits per heavy atom. The number of benzene rings is 9. The summed E-state index contributed by atoms with van der Waals surface area (Å²) in [5.41, 5.74) is 10.7. The van der Waals surface area contributed by atoms with Gasteiger partial charge in [-0.25, -0.2) is 0 Å². The minimum Gasteiger partial charge on any atom is -0.309 e. The highest BCUT2D eigenvalue weighted by molar-refractivity contribution is 7.26. The van der Waals surface area contributed by atoms with Gasteiger partial charge in [-0.05, 0) is 68.9 Å². The summed E-state index contributed by atoms with van der Waals surface area (Å²) < 4.78 is 2.61. The molecule has 1 nitrogen and oxygen atoms in total. The SMILES string of the molecule is c1ccc(-c2ccc(N(c3ccccc3-c3ccccc3)c3cc4c(sc5cccc(-c6cccc7ccccc67)c54)c4ccccc34)cc2)cc1. The predicted octanol–water partition coefficient (Wildman–Crippen LogP) is 14.8. The molecular formula is C50H33NS. The highest BCUT2D eigenvalue weighted by Crippen LogP contribution is 2.50. The van der Waals surface area contributed by atoms with Crippen molar-refractivity contribution in [3.8, 4) is 33.4 Å². The molecule has 0 atom stereocenters. The monoisotopic (exact) mass is 679 g/mol. The van der Waals surface area contributed by atoms with Gasteiger partial charge < -0.3 is 4.90 Å². The van der Waals surface area contributed by atoms with E-state index in [0.717, 1.165) is 17.1 Å². The zero-order valence-electron chi connectivity index (χ0n) is 28.4. The number of fused-ring (bicyclic) bond motifs is 6.